The summed E-state index contributed by atoms with van der Waals surface area (Å²) in [6.45, 7) is 5.03. The summed E-state index contributed by atoms with van der Waals surface area (Å²) in [5.41, 5.74) is 2.82. The van der Waals surface area contributed by atoms with Crippen LogP contribution >= 0.6 is 0 Å². The molecule has 0 saturated heterocycles. The lowest BCUT2D eigenvalue weighted by molar-refractivity contribution is -0.118. The minimum Gasteiger partial charge on any atom is -0.493 e. The molecule has 1 amide bonds. The van der Waals surface area contributed by atoms with E-state index in [0.29, 0.717) is 30.5 Å². The minimum atomic E-state index is -0.243. The molecule has 3 aromatic rings. The summed E-state index contributed by atoms with van der Waals surface area (Å²) < 4.78 is 12.7. The highest BCUT2D eigenvalue weighted by Crippen LogP contribution is 2.28. The van der Waals surface area contributed by atoms with E-state index in [1.165, 1.54) is 0 Å². The van der Waals surface area contributed by atoms with E-state index in [-0.39, 0.29) is 12.5 Å². The number of nitrogens with one attached hydrogen (secondary N) is 2. The highest BCUT2D eigenvalue weighted by atomic mass is 16.5. The maximum Gasteiger partial charge on any atom is 0.262 e. The van der Waals surface area contributed by atoms with Crippen LogP contribution in [0.2, 0.25) is 0 Å². The lowest BCUT2D eigenvalue weighted by atomic mass is 10.2. The molecule has 1 heterocycles. The summed E-state index contributed by atoms with van der Waals surface area (Å²) >= 11 is 0. The molecule has 0 aliphatic heterocycles. The van der Waals surface area contributed by atoms with E-state index in [1.807, 2.05) is 50.2 Å². The van der Waals surface area contributed by atoms with Gasteiger partial charge < -0.3 is 20.1 Å². The highest BCUT2D eigenvalue weighted by molar-refractivity contribution is 5.91. The first-order valence-electron chi connectivity index (χ1n) is 9.25. The Morgan fingerprint density at radius 2 is 1.93 bits per heavy atom. The first kappa shape index (κ1) is 20.1. The monoisotopic (exact) mass is 396 g/mol. The molecule has 2 N–H and O–H groups in total. The Kier molecular flexibility index (Phi) is 6.62. The van der Waals surface area contributed by atoms with Crippen molar-refractivity contribution in [1.29, 1.82) is 0 Å². The molecule has 9 heteroatoms. The van der Waals surface area contributed by atoms with Crippen molar-refractivity contribution >= 4 is 17.5 Å². The SMILES string of the molecule is CCn1nnnc1NCc1ccc(OCC(=O)Nc2ccc(C)cc2)c(OC)c1. The maximum absolute atomic E-state index is 12.1. The average Bonchev–Trinajstić information content (AvgIpc) is 3.20. The van der Waals surface area contributed by atoms with E-state index in [1.54, 1.807) is 17.9 Å². The van der Waals surface area contributed by atoms with Crippen LogP contribution in [0.15, 0.2) is 42.5 Å². The lowest BCUT2D eigenvalue weighted by Gasteiger charge is -2.13. The summed E-state index contributed by atoms with van der Waals surface area (Å²) in [6.07, 6.45) is 0. The van der Waals surface area contributed by atoms with E-state index in [9.17, 15) is 4.79 Å². The summed E-state index contributed by atoms with van der Waals surface area (Å²) in [5.74, 6) is 1.39. The zero-order valence-corrected chi connectivity index (χ0v) is 16.7. The predicted octanol–water partition coefficient (Wildman–Crippen LogP) is 2.64. The van der Waals surface area contributed by atoms with Crippen LogP contribution in [-0.2, 0) is 17.9 Å². The van der Waals surface area contributed by atoms with Crippen LogP contribution in [0.5, 0.6) is 11.5 Å². The van der Waals surface area contributed by atoms with Crippen LogP contribution in [0.1, 0.15) is 18.1 Å². The largest absolute Gasteiger partial charge is 0.493 e. The quantitative estimate of drug-likeness (QED) is 0.573. The molecule has 0 radical (unpaired) electrons. The van der Waals surface area contributed by atoms with Crippen molar-refractivity contribution in [1.82, 2.24) is 20.2 Å². The molecule has 9 nitrogen and oxygen atoms in total. The third-order valence-corrected chi connectivity index (χ3v) is 4.20. The van der Waals surface area contributed by atoms with Gasteiger partial charge in [0.25, 0.3) is 5.91 Å². The molecule has 0 saturated carbocycles. The first-order valence-corrected chi connectivity index (χ1v) is 9.25. The Bertz CT molecular complexity index is 955. The van der Waals surface area contributed by atoms with Crippen molar-refractivity contribution in [3.8, 4) is 11.5 Å². The number of rotatable bonds is 9. The third kappa shape index (κ3) is 5.44. The van der Waals surface area contributed by atoms with Crippen LogP contribution < -0.4 is 20.1 Å². The molecule has 152 valence electrons. The molecule has 0 spiro atoms. The van der Waals surface area contributed by atoms with Crippen LogP contribution in [0, 0.1) is 6.92 Å². The second-order valence-corrected chi connectivity index (χ2v) is 6.36. The van der Waals surface area contributed by atoms with Crippen molar-refractivity contribution in [3.05, 3.63) is 53.6 Å². The van der Waals surface area contributed by atoms with Crippen LogP contribution in [-0.4, -0.2) is 39.8 Å². The van der Waals surface area contributed by atoms with Gasteiger partial charge in [0.15, 0.2) is 18.1 Å². The van der Waals surface area contributed by atoms with Crippen molar-refractivity contribution in [2.24, 2.45) is 0 Å². The number of anilines is 2. The van der Waals surface area contributed by atoms with Gasteiger partial charge in [-0.2, -0.15) is 0 Å². The van der Waals surface area contributed by atoms with Gasteiger partial charge in [-0.05, 0) is 54.1 Å². The molecule has 0 bridgehead atoms. The average molecular weight is 396 g/mol. The number of hydrogen-bond acceptors (Lipinski definition) is 7. The van der Waals surface area contributed by atoms with Crippen LogP contribution in [0.25, 0.3) is 0 Å². The van der Waals surface area contributed by atoms with E-state index in [4.69, 9.17) is 9.47 Å². The summed E-state index contributed by atoms with van der Waals surface area (Å²) in [5, 5.41) is 17.4. The normalized spacial score (nSPS) is 10.4. The van der Waals surface area contributed by atoms with Gasteiger partial charge in [0.05, 0.1) is 7.11 Å². The first-order chi connectivity index (χ1) is 14.1. The van der Waals surface area contributed by atoms with Gasteiger partial charge in [0, 0.05) is 18.8 Å². The molecule has 0 unspecified atom stereocenters. The number of carbonyl (C=O) groups is 1. The Morgan fingerprint density at radius 1 is 1.14 bits per heavy atom. The molecular formula is C20H24N6O3. The van der Waals surface area contributed by atoms with Gasteiger partial charge in [-0.25, -0.2) is 4.68 Å². The standard InChI is InChI=1S/C20H24N6O3/c1-4-26-20(23-24-25-26)21-12-15-7-10-17(18(11-15)28-3)29-13-19(27)22-16-8-5-14(2)6-9-16/h5-11H,4,12-13H2,1-3H3,(H,22,27)(H,21,23,25). The fraction of sp³-hybridized carbons (Fsp3) is 0.300. The topological polar surface area (TPSA) is 103 Å². The number of hydrogen-bond donors (Lipinski definition) is 2. The van der Waals surface area contributed by atoms with Gasteiger partial charge in [-0.1, -0.05) is 28.9 Å². The zero-order chi connectivity index (χ0) is 20.6. The molecule has 3 rings (SSSR count). The van der Waals surface area contributed by atoms with Crippen molar-refractivity contribution in [2.45, 2.75) is 26.9 Å². The maximum atomic E-state index is 12.1. The summed E-state index contributed by atoms with van der Waals surface area (Å²) in [7, 11) is 1.56. The molecule has 0 atom stereocenters. The molecule has 0 aliphatic carbocycles. The Labute approximate surface area is 169 Å². The zero-order valence-electron chi connectivity index (χ0n) is 16.7. The number of methoxy groups -OCH3 is 1. The van der Waals surface area contributed by atoms with Gasteiger partial charge in [-0.3, -0.25) is 4.79 Å². The minimum absolute atomic E-state index is 0.118. The van der Waals surface area contributed by atoms with Gasteiger partial charge in [0.2, 0.25) is 5.95 Å². The number of ether oxygens (including phenoxy) is 2. The number of tetrazole rings is 1. The molecule has 2 aromatic carbocycles. The fourth-order valence-corrected chi connectivity index (χ4v) is 2.64. The van der Waals surface area contributed by atoms with Gasteiger partial charge in [0.1, 0.15) is 0 Å². The van der Waals surface area contributed by atoms with Gasteiger partial charge in [-0.15, -0.1) is 0 Å². The number of carbonyl (C=O) groups excluding carboxylic acids is 1. The number of benzene rings is 2. The highest BCUT2D eigenvalue weighted by Gasteiger charge is 2.10. The Hall–Kier alpha value is -3.62. The molecule has 0 aliphatic rings. The Morgan fingerprint density at radius 3 is 2.66 bits per heavy atom. The fourth-order valence-electron chi connectivity index (χ4n) is 2.64. The van der Waals surface area contributed by atoms with E-state index in [0.717, 1.165) is 16.8 Å². The molecule has 29 heavy (non-hydrogen) atoms. The van der Waals surface area contributed by atoms with E-state index >= 15 is 0 Å². The number of amides is 1. The second kappa shape index (κ2) is 9.54. The van der Waals surface area contributed by atoms with Crippen molar-refractivity contribution in [3.63, 3.8) is 0 Å². The molecular weight excluding hydrogens is 372 g/mol. The van der Waals surface area contributed by atoms with Crippen LogP contribution in [0.3, 0.4) is 0 Å². The van der Waals surface area contributed by atoms with Gasteiger partial charge >= 0.3 is 0 Å². The number of aryl methyl sites for hydroxylation is 2. The van der Waals surface area contributed by atoms with Crippen LogP contribution in [0.4, 0.5) is 11.6 Å². The summed E-state index contributed by atoms with van der Waals surface area (Å²) in [4.78, 5) is 12.1. The third-order valence-electron chi connectivity index (χ3n) is 4.20. The van der Waals surface area contributed by atoms with E-state index in [2.05, 4.69) is 26.2 Å². The second-order valence-electron chi connectivity index (χ2n) is 6.36. The smallest absolute Gasteiger partial charge is 0.262 e. The van der Waals surface area contributed by atoms with Crippen molar-refractivity contribution in [2.75, 3.05) is 24.4 Å². The molecule has 1 aromatic heterocycles. The van der Waals surface area contributed by atoms with Crippen molar-refractivity contribution < 1.29 is 14.3 Å². The number of aromatic nitrogens is 4. The Balaban J connectivity index is 1.56. The summed E-state index contributed by atoms with van der Waals surface area (Å²) in [6, 6.07) is 13.1. The van der Waals surface area contributed by atoms with E-state index < -0.39 is 0 Å². The lowest BCUT2D eigenvalue weighted by Crippen LogP contribution is -2.20. The molecule has 0 fully saturated rings. The number of nitrogens with zero attached hydrogens (tertiary/aromatic N) is 4. The predicted molar refractivity (Wildman–Crippen MR) is 109 cm³/mol.